The van der Waals surface area contributed by atoms with Crippen LogP contribution in [0.25, 0.3) is 0 Å². The van der Waals surface area contributed by atoms with Crippen LogP contribution >= 0.6 is 0 Å². The lowest BCUT2D eigenvalue weighted by molar-refractivity contribution is -0.139. The number of unbranched alkanes of at least 4 members (excludes halogenated alkanes) is 4. The molecule has 8 heteroatoms. The average Bonchev–Trinajstić information content (AvgIpc) is 3.03. The maximum absolute atomic E-state index is 12.9. The average molecular weight is 631 g/mol. The maximum atomic E-state index is 12.9. The van der Waals surface area contributed by atoms with Gasteiger partial charge in [-0.2, -0.15) is 0 Å². The van der Waals surface area contributed by atoms with Crippen LogP contribution in [0.5, 0.6) is 23.0 Å². The predicted molar refractivity (Wildman–Crippen MR) is 178 cm³/mol. The van der Waals surface area contributed by atoms with Crippen molar-refractivity contribution in [1.29, 1.82) is 0 Å². The smallest absolute Gasteiger partial charge is 0.343 e. The third kappa shape index (κ3) is 11.7. The summed E-state index contributed by atoms with van der Waals surface area (Å²) in [5, 5.41) is 0. The minimum atomic E-state index is -0.509. The van der Waals surface area contributed by atoms with Gasteiger partial charge in [-0.05, 0) is 111 Å². The fourth-order valence-electron chi connectivity index (χ4n) is 4.32. The normalized spacial score (nSPS) is 11.0. The molecule has 0 aromatic heterocycles. The van der Waals surface area contributed by atoms with Gasteiger partial charge in [0.1, 0.15) is 23.0 Å². The molecular formula is C38H46O8. The van der Waals surface area contributed by atoms with Crippen LogP contribution in [0.1, 0.15) is 99.4 Å². The Morgan fingerprint density at radius 1 is 0.652 bits per heavy atom. The second-order valence-corrected chi connectivity index (χ2v) is 12.1. The van der Waals surface area contributed by atoms with Gasteiger partial charge in [0.05, 0.1) is 30.9 Å². The zero-order valence-electron chi connectivity index (χ0n) is 27.7. The summed E-state index contributed by atoms with van der Waals surface area (Å²) in [7, 11) is 0. The predicted octanol–water partition coefficient (Wildman–Crippen LogP) is 8.66. The molecule has 0 radical (unpaired) electrons. The van der Waals surface area contributed by atoms with Gasteiger partial charge in [-0.1, -0.05) is 40.7 Å². The van der Waals surface area contributed by atoms with E-state index in [2.05, 4.69) is 13.5 Å². The lowest BCUT2D eigenvalue weighted by atomic mass is 9.86. The summed E-state index contributed by atoms with van der Waals surface area (Å²) in [6.07, 6.45) is 5.55. The van der Waals surface area contributed by atoms with Crippen molar-refractivity contribution in [1.82, 2.24) is 0 Å². The lowest BCUT2D eigenvalue weighted by Gasteiger charge is -2.23. The highest BCUT2D eigenvalue weighted by atomic mass is 16.5. The van der Waals surface area contributed by atoms with Crippen molar-refractivity contribution in [2.45, 2.75) is 78.6 Å². The third-order valence-electron chi connectivity index (χ3n) is 7.01. The number of rotatable bonds is 17. The molecule has 3 aromatic carbocycles. The van der Waals surface area contributed by atoms with Gasteiger partial charge in [-0.25, -0.2) is 14.4 Å². The van der Waals surface area contributed by atoms with E-state index in [4.69, 9.17) is 23.7 Å². The summed E-state index contributed by atoms with van der Waals surface area (Å²) in [6, 6.07) is 18.7. The van der Waals surface area contributed by atoms with Crippen molar-refractivity contribution in [3.8, 4) is 23.0 Å². The van der Waals surface area contributed by atoms with Gasteiger partial charge in [-0.3, -0.25) is 0 Å². The first-order chi connectivity index (χ1) is 22.0. The molecule has 3 aromatic rings. The molecule has 46 heavy (non-hydrogen) atoms. The Balaban J connectivity index is 1.51. The Kier molecular flexibility index (Phi) is 13.9. The van der Waals surface area contributed by atoms with E-state index >= 15 is 0 Å². The Labute approximate surface area is 272 Å². The molecule has 8 nitrogen and oxygen atoms in total. The van der Waals surface area contributed by atoms with Gasteiger partial charge in [0.15, 0.2) is 0 Å². The molecule has 0 unspecified atom stereocenters. The molecule has 0 saturated heterocycles. The first-order valence-corrected chi connectivity index (χ1v) is 15.8. The molecule has 246 valence electrons. The molecule has 3 rings (SSSR count). The van der Waals surface area contributed by atoms with Gasteiger partial charge in [-0.15, -0.1) is 0 Å². The van der Waals surface area contributed by atoms with Crippen LogP contribution in [0.3, 0.4) is 0 Å². The topological polar surface area (TPSA) is 97.4 Å². The second-order valence-electron chi connectivity index (χ2n) is 12.1. The maximum Gasteiger partial charge on any atom is 0.343 e. The van der Waals surface area contributed by atoms with Crippen molar-refractivity contribution in [3.05, 3.63) is 95.6 Å². The molecule has 0 bridgehead atoms. The molecule has 0 aliphatic heterocycles. The standard InChI is InChI=1S/C38H46O8/c1-7-8-23-42-30-19-15-29(16-20-30)37(41)46-34-22-21-32(26-33(34)38(4,5)6)45-36(40)28-13-17-31(18-14-28)43-24-11-9-10-12-25-44-35(39)27(2)3/h13-22,26H,2,7-12,23-25H2,1,3-6H3. The molecular weight excluding hydrogens is 584 g/mol. The van der Waals surface area contributed by atoms with E-state index in [-0.39, 0.29) is 5.97 Å². The molecule has 0 amide bonds. The van der Waals surface area contributed by atoms with E-state index in [9.17, 15) is 14.4 Å². The van der Waals surface area contributed by atoms with Crippen molar-refractivity contribution >= 4 is 17.9 Å². The van der Waals surface area contributed by atoms with E-state index in [1.807, 2.05) is 20.8 Å². The van der Waals surface area contributed by atoms with Gasteiger partial charge < -0.3 is 23.7 Å². The number of hydrogen-bond acceptors (Lipinski definition) is 8. The molecule has 0 saturated carbocycles. The minimum absolute atomic E-state index is 0.345. The molecule has 0 spiro atoms. The third-order valence-corrected chi connectivity index (χ3v) is 7.01. The number of carbonyl (C=O) groups excluding carboxylic acids is 3. The first kappa shape index (κ1) is 35.9. The van der Waals surface area contributed by atoms with E-state index in [1.54, 1.807) is 73.7 Å². The van der Waals surface area contributed by atoms with Crippen LogP contribution in [0.4, 0.5) is 0 Å². The van der Waals surface area contributed by atoms with Gasteiger partial charge >= 0.3 is 17.9 Å². The number of benzene rings is 3. The van der Waals surface area contributed by atoms with Gasteiger partial charge in [0, 0.05) is 11.1 Å². The van der Waals surface area contributed by atoms with E-state index in [1.165, 1.54) is 0 Å². The van der Waals surface area contributed by atoms with Crippen LogP contribution in [-0.4, -0.2) is 37.7 Å². The largest absolute Gasteiger partial charge is 0.494 e. The highest BCUT2D eigenvalue weighted by Gasteiger charge is 2.23. The highest BCUT2D eigenvalue weighted by molar-refractivity contribution is 5.92. The summed E-state index contributed by atoms with van der Waals surface area (Å²) >= 11 is 0. The Morgan fingerprint density at radius 3 is 1.67 bits per heavy atom. The van der Waals surface area contributed by atoms with Crippen molar-refractivity contribution in [2.75, 3.05) is 19.8 Å². The summed E-state index contributed by atoms with van der Waals surface area (Å²) in [6.45, 7) is 14.8. The van der Waals surface area contributed by atoms with Crippen molar-refractivity contribution < 1.29 is 38.1 Å². The molecule has 0 N–H and O–H groups in total. The van der Waals surface area contributed by atoms with Crippen LogP contribution in [-0.2, 0) is 14.9 Å². The van der Waals surface area contributed by atoms with E-state index in [0.29, 0.717) is 59.5 Å². The van der Waals surface area contributed by atoms with Crippen LogP contribution in [0, 0.1) is 0 Å². The summed E-state index contributed by atoms with van der Waals surface area (Å²) in [4.78, 5) is 37.2. The first-order valence-electron chi connectivity index (χ1n) is 15.8. The van der Waals surface area contributed by atoms with E-state index < -0.39 is 17.4 Å². The number of hydrogen-bond donors (Lipinski definition) is 0. The van der Waals surface area contributed by atoms with Gasteiger partial charge in [0.25, 0.3) is 0 Å². The van der Waals surface area contributed by atoms with Crippen LogP contribution < -0.4 is 18.9 Å². The Hall–Kier alpha value is -4.59. The summed E-state index contributed by atoms with van der Waals surface area (Å²) in [5.74, 6) is 0.757. The quantitative estimate of drug-likeness (QED) is 0.0633. The summed E-state index contributed by atoms with van der Waals surface area (Å²) in [5.41, 5.74) is 1.52. The minimum Gasteiger partial charge on any atom is -0.494 e. The fraction of sp³-hybridized carbons (Fsp3) is 0.395. The van der Waals surface area contributed by atoms with Crippen LogP contribution in [0.2, 0.25) is 0 Å². The zero-order chi connectivity index (χ0) is 33.5. The molecule has 0 heterocycles. The second kappa shape index (κ2) is 17.8. The van der Waals surface area contributed by atoms with Crippen molar-refractivity contribution in [2.24, 2.45) is 0 Å². The van der Waals surface area contributed by atoms with Crippen LogP contribution in [0.15, 0.2) is 78.9 Å². The molecule has 0 aliphatic carbocycles. The monoisotopic (exact) mass is 630 g/mol. The SMILES string of the molecule is C=C(C)C(=O)OCCCCCCOc1ccc(C(=O)Oc2ccc(OC(=O)c3ccc(OCCCC)cc3)c(C(C)(C)C)c2)cc1. The highest BCUT2D eigenvalue weighted by Crippen LogP contribution is 2.35. The lowest BCUT2D eigenvalue weighted by Crippen LogP contribution is -2.17. The molecule has 0 aliphatic rings. The molecule has 0 atom stereocenters. The Bertz CT molecular complexity index is 1450. The van der Waals surface area contributed by atoms with Crippen molar-refractivity contribution in [3.63, 3.8) is 0 Å². The van der Waals surface area contributed by atoms with Gasteiger partial charge in [0.2, 0.25) is 0 Å². The number of carbonyl (C=O) groups is 3. The number of ether oxygens (including phenoxy) is 5. The molecule has 0 fully saturated rings. The summed E-state index contributed by atoms with van der Waals surface area (Å²) < 4.78 is 28.0. The Morgan fingerprint density at radius 2 is 1.15 bits per heavy atom. The number of esters is 3. The zero-order valence-corrected chi connectivity index (χ0v) is 27.7. The fourth-order valence-corrected chi connectivity index (χ4v) is 4.32. The van der Waals surface area contributed by atoms with E-state index in [0.717, 1.165) is 44.1 Å².